The van der Waals surface area contributed by atoms with Gasteiger partial charge in [-0.2, -0.15) is 0 Å². The number of rotatable bonds is 5. The molecule has 0 fully saturated rings. The van der Waals surface area contributed by atoms with Gasteiger partial charge in [0, 0.05) is 28.5 Å². The molecule has 0 saturated carbocycles. The van der Waals surface area contributed by atoms with Gasteiger partial charge in [0.15, 0.2) is 6.29 Å². The highest BCUT2D eigenvalue weighted by Crippen LogP contribution is 2.31. The fourth-order valence-electron chi connectivity index (χ4n) is 3.18. The fourth-order valence-corrected chi connectivity index (χ4v) is 3.18. The number of anilines is 1. The highest BCUT2D eigenvalue weighted by Gasteiger charge is 2.16. The monoisotopic (exact) mass is 355 g/mol. The molecule has 4 heteroatoms. The molecule has 0 radical (unpaired) electrons. The molecule has 0 unspecified atom stereocenters. The first-order valence-electron chi connectivity index (χ1n) is 8.65. The lowest BCUT2D eigenvalue weighted by molar-refractivity contribution is 0.102. The summed E-state index contributed by atoms with van der Waals surface area (Å²) < 4.78 is 5.64. The zero-order valence-electron chi connectivity index (χ0n) is 14.5. The molecule has 0 saturated heterocycles. The Hall–Kier alpha value is -3.66. The predicted octanol–water partition coefficient (Wildman–Crippen LogP) is 5.09. The summed E-state index contributed by atoms with van der Waals surface area (Å²) in [5.41, 5.74) is 4.09. The molecule has 4 nitrogen and oxygen atoms in total. The van der Waals surface area contributed by atoms with Gasteiger partial charge in [-0.15, -0.1) is 0 Å². The number of nitrogens with one attached hydrogen (secondary N) is 1. The molecule has 1 amide bonds. The lowest BCUT2D eigenvalue weighted by Gasteiger charge is -2.09. The van der Waals surface area contributed by atoms with E-state index in [-0.39, 0.29) is 5.91 Å². The number of benzene rings is 3. The Bertz CT molecular complexity index is 1100. The van der Waals surface area contributed by atoms with E-state index in [2.05, 4.69) is 5.32 Å². The molecule has 3 aromatic carbocycles. The number of hydrogen-bond donors (Lipinski definition) is 1. The second-order valence-corrected chi connectivity index (χ2v) is 6.26. The lowest BCUT2D eigenvalue weighted by Crippen LogP contribution is -2.13. The van der Waals surface area contributed by atoms with Crippen LogP contribution in [0.1, 0.15) is 31.8 Å². The van der Waals surface area contributed by atoms with Crippen LogP contribution in [0.2, 0.25) is 0 Å². The summed E-state index contributed by atoms with van der Waals surface area (Å²) in [5.74, 6) is -0.258. The van der Waals surface area contributed by atoms with Crippen molar-refractivity contribution in [3.63, 3.8) is 0 Å². The van der Waals surface area contributed by atoms with E-state index in [0.29, 0.717) is 28.8 Å². The third-order valence-corrected chi connectivity index (χ3v) is 4.50. The summed E-state index contributed by atoms with van der Waals surface area (Å²) in [6.45, 7) is 0. The third kappa shape index (κ3) is 3.37. The number of carbonyl (C=O) groups excluding carboxylic acids is 2. The number of furan rings is 1. The van der Waals surface area contributed by atoms with Gasteiger partial charge in [-0.1, -0.05) is 48.5 Å². The molecular formula is C23H17NO3. The van der Waals surface area contributed by atoms with Crippen LogP contribution in [0.5, 0.6) is 0 Å². The Morgan fingerprint density at radius 2 is 1.63 bits per heavy atom. The molecule has 4 rings (SSSR count). The standard InChI is InChI=1S/C23H17NO3/c25-14-19-20(24-23(26)17-9-5-2-6-10-17)11-12-21-22(19)18(15-27-21)13-16-7-3-1-4-8-16/h1-12,14-15H,13H2,(H,24,26). The van der Waals surface area contributed by atoms with Crippen LogP contribution >= 0.6 is 0 Å². The Kier molecular flexibility index (Phi) is 4.54. The molecule has 1 heterocycles. The Balaban J connectivity index is 1.73. The van der Waals surface area contributed by atoms with E-state index < -0.39 is 0 Å². The Morgan fingerprint density at radius 3 is 2.33 bits per heavy atom. The van der Waals surface area contributed by atoms with Gasteiger partial charge < -0.3 is 9.73 Å². The lowest BCUT2D eigenvalue weighted by atomic mass is 10.00. The van der Waals surface area contributed by atoms with Crippen molar-refractivity contribution in [1.82, 2.24) is 0 Å². The maximum atomic E-state index is 12.5. The number of hydrogen-bond acceptors (Lipinski definition) is 3. The van der Waals surface area contributed by atoms with Crippen LogP contribution in [-0.2, 0) is 6.42 Å². The van der Waals surface area contributed by atoms with E-state index in [1.807, 2.05) is 36.4 Å². The molecule has 0 bridgehead atoms. The quantitative estimate of drug-likeness (QED) is 0.507. The smallest absolute Gasteiger partial charge is 0.255 e. The number of aldehydes is 1. The van der Waals surface area contributed by atoms with E-state index in [0.717, 1.165) is 22.8 Å². The van der Waals surface area contributed by atoms with Gasteiger partial charge in [-0.25, -0.2) is 0 Å². The van der Waals surface area contributed by atoms with Crippen molar-refractivity contribution in [1.29, 1.82) is 0 Å². The van der Waals surface area contributed by atoms with Crippen molar-refractivity contribution in [3.8, 4) is 0 Å². The van der Waals surface area contributed by atoms with Crippen LogP contribution in [-0.4, -0.2) is 12.2 Å². The van der Waals surface area contributed by atoms with Crippen LogP contribution in [0.3, 0.4) is 0 Å². The van der Waals surface area contributed by atoms with Crippen molar-refractivity contribution < 1.29 is 14.0 Å². The van der Waals surface area contributed by atoms with Crippen molar-refractivity contribution in [2.45, 2.75) is 6.42 Å². The van der Waals surface area contributed by atoms with Crippen molar-refractivity contribution in [2.24, 2.45) is 0 Å². The second kappa shape index (κ2) is 7.30. The van der Waals surface area contributed by atoms with Crippen LogP contribution in [0, 0.1) is 0 Å². The van der Waals surface area contributed by atoms with Gasteiger partial charge >= 0.3 is 0 Å². The minimum atomic E-state index is -0.258. The van der Waals surface area contributed by atoms with Gasteiger partial charge in [0.1, 0.15) is 5.58 Å². The molecule has 4 aromatic rings. The van der Waals surface area contributed by atoms with E-state index in [1.165, 1.54) is 0 Å². The number of amides is 1. The highest BCUT2D eigenvalue weighted by molar-refractivity contribution is 6.10. The fraction of sp³-hybridized carbons (Fsp3) is 0.0435. The zero-order valence-corrected chi connectivity index (χ0v) is 14.5. The largest absolute Gasteiger partial charge is 0.464 e. The first kappa shape index (κ1) is 16.8. The van der Waals surface area contributed by atoms with Gasteiger partial charge in [-0.3, -0.25) is 9.59 Å². The second-order valence-electron chi connectivity index (χ2n) is 6.26. The topological polar surface area (TPSA) is 59.3 Å². The first-order chi connectivity index (χ1) is 13.3. The molecule has 0 atom stereocenters. The first-order valence-corrected chi connectivity index (χ1v) is 8.65. The maximum Gasteiger partial charge on any atom is 0.255 e. The van der Waals surface area contributed by atoms with E-state index in [4.69, 9.17) is 4.42 Å². The average molecular weight is 355 g/mol. The van der Waals surface area contributed by atoms with Crippen LogP contribution in [0.15, 0.2) is 83.5 Å². The summed E-state index contributed by atoms with van der Waals surface area (Å²) in [6.07, 6.45) is 3.09. The Morgan fingerprint density at radius 1 is 0.926 bits per heavy atom. The van der Waals surface area contributed by atoms with Crippen LogP contribution in [0.25, 0.3) is 11.0 Å². The van der Waals surface area contributed by atoms with Crippen LogP contribution < -0.4 is 5.32 Å². The van der Waals surface area contributed by atoms with Crippen molar-refractivity contribution in [3.05, 3.63) is 101 Å². The minimum absolute atomic E-state index is 0.258. The van der Waals surface area contributed by atoms with E-state index >= 15 is 0 Å². The van der Waals surface area contributed by atoms with Crippen molar-refractivity contribution >= 4 is 28.8 Å². The predicted molar refractivity (Wildman–Crippen MR) is 105 cm³/mol. The molecule has 0 aliphatic heterocycles. The van der Waals surface area contributed by atoms with Gasteiger partial charge in [0.2, 0.25) is 0 Å². The summed E-state index contributed by atoms with van der Waals surface area (Å²) in [6, 6.07) is 22.3. The van der Waals surface area contributed by atoms with Crippen molar-refractivity contribution in [2.75, 3.05) is 5.32 Å². The van der Waals surface area contributed by atoms with E-state index in [1.54, 1.807) is 42.7 Å². The highest BCUT2D eigenvalue weighted by atomic mass is 16.3. The molecule has 0 aliphatic rings. The summed E-state index contributed by atoms with van der Waals surface area (Å²) >= 11 is 0. The molecular weight excluding hydrogens is 338 g/mol. The van der Waals surface area contributed by atoms with Gasteiger partial charge in [0.25, 0.3) is 5.91 Å². The summed E-state index contributed by atoms with van der Waals surface area (Å²) in [4.78, 5) is 24.4. The molecule has 0 aliphatic carbocycles. The normalized spacial score (nSPS) is 10.7. The molecule has 0 spiro atoms. The van der Waals surface area contributed by atoms with E-state index in [9.17, 15) is 9.59 Å². The Labute approximate surface area is 156 Å². The summed E-state index contributed by atoms with van der Waals surface area (Å²) in [5, 5.41) is 3.57. The van der Waals surface area contributed by atoms with Gasteiger partial charge in [-0.05, 0) is 29.8 Å². The average Bonchev–Trinajstić information content (AvgIpc) is 3.12. The number of carbonyl (C=O) groups is 2. The third-order valence-electron chi connectivity index (χ3n) is 4.50. The maximum absolute atomic E-state index is 12.5. The van der Waals surface area contributed by atoms with Gasteiger partial charge in [0.05, 0.1) is 12.0 Å². The SMILES string of the molecule is O=Cc1c(NC(=O)c2ccccc2)ccc2occ(Cc3ccccc3)c12. The minimum Gasteiger partial charge on any atom is -0.464 e. The molecule has 1 N–H and O–H groups in total. The number of fused-ring (bicyclic) bond motifs is 1. The summed E-state index contributed by atoms with van der Waals surface area (Å²) in [7, 11) is 0. The zero-order chi connectivity index (χ0) is 18.6. The molecule has 1 aromatic heterocycles. The van der Waals surface area contributed by atoms with Crippen LogP contribution in [0.4, 0.5) is 5.69 Å². The molecule has 132 valence electrons. The molecule has 27 heavy (non-hydrogen) atoms.